The second-order valence-corrected chi connectivity index (χ2v) is 16.8. The molecule has 2 fully saturated rings. The van der Waals surface area contributed by atoms with E-state index in [1.165, 1.54) is 27.4 Å². The Hall–Kier alpha value is -4.55. The number of sulfonamides is 1. The van der Waals surface area contributed by atoms with Crippen LogP contribution in [0.3, 0.4) is 0 Å². The number of hydrogen-bond donors (Lipinski definition) is 1. The van der Waals surface area contributed by atoms with Crippen LogP contribution in [-0.4, -0.2) is 87.1 Å². The zero-order valence-corrected chi connectivity index (χ0v) is 31.5. The third kappa shape index (κ3) is 7.78. The van der Waals surface area contributed by atoms with Gasteiger partial charge in [-0.05, 0) is 88.6 Å². The van der Waals surface area contributed by atoms with Crippen molar-refractivity contribution in [1.29, 1.82) is 0 Å². The van der Waals surface area contributed by atoms with Crippen molar-refractivity contribution in [3.8, 4) is 5.75 Å². The molecular formula is C39H45ClN4O7S. The summed E-state index contributed by atoms with van der Waals surface area (Å²) in [4.78, 5) is 44.9. The van der Waals surface area contributed by atoms with Gasteiger partial charge in [0.05, 0.1) is 45.8 Å². The first-order valence-corrected chi connectivity index (χ1v) is 19.4. The summed E-state index contributed by atoms with van der Waals surface area (Å²) in [5, 5.41) is 3.22. The van der Waals surface area contributed by atoms with Crippen molar-refractivity contribution in [3.05, 3.63) is 101 Å². The molecule has 11 nitrogen and oxygen atoms in total. The quantitative estimate of drug-likeness (QED) is 0.313. The van der Waals surface area contributed by atoms with Crippen molar-refractivity contribution in [1.82, 2.24) is 15.1 Å². The molecule has 0 aliphatic carbocycles. The molecule has 276 valence electrons. The van der Waals surface area contributed by atoms with Gasteiger partial charge in [0.25, 0.3) is 15.9 Å². The monoisotopic (exact) mass is 748 g/mol. The average molecular weight is 749 g/mol. The maximum absolute atomic E-state index is 14.6. The van der Waals surface area contributed by atoms with E-state index >= 15 is 0 Å². The molecule has 3 amide bonds. The van der Waals surface area contributed by atoms with Crippen LogP contribution in [0.4, 0.5) is 10.5 Å². The highest BCUT2D eigenvalue weighted by Crippen LogP contribution is 2.40. The number of amides is 3. The molecule has 2 atom stereocenters. The van der Waals surface area contributed by atoms with Gasteiger partial charge < -0.3 is 24.6 Å². The van der Waals surface area contributed by atoms with Crippen LogP contribution >= 0.6 is 11.6 Å². The molecule has 2 saturated heterocycles. The molecule has 13 heteroatoms. The number of carbonyl (C=O) groups is 3. The Balaban J connectivity index is 1.40. The standard InChI is InChI=1S/C39H45ClN4O7S/c1-5-50-29-15-13-27(14-16-29)31-19-22-42-24-34(31)41-35(45)32-23-30(17-18-33(32)40)52(48,49)44(28-11-7-6-8-12-28)21-10-9-20-39(36(42)46)25-43(26-39)37(47)51-38(2,3)4/h6-18,23,31,34H,5,19-22,24-26H2,1-4H3,(H,41,45)/b10-9-/t31-,34-/m0/s1. The van der Waals surface area contributed by atoms with Crippen molar-refractivity contribution in [2.24, 2.45) is 5.41 Å². The predicted molar refractivity (Wildman–Crippen MR) is 199 cm³/mol. The lowest BCUT2D eigenvalue weighted by molar-refractivity contribution is -0.153. The number of para-hydroxylation sites is 1. The summed E-state index contributed by atoms with van der Waals surface area (Å²) in [6.45, 7) is 8.71. The van der Waals surface area contributed by atoms with Crippen LogP contribution in [0, 0.1) is 5.41 Å². The van der Waals surface area contributed by atoms with E-state index in [1.54, 1.807) is 62.1 Å². The molecule has 4 bridgehead atoms. The van der Waals surface area contributed by atoms with Gasteiger partial charge in [-0.15, -0.1) is 0 Å². The Morgan fingerprint density at radius 3 is 2.38 bits per heavy atom. The van der Waals surface area contributed by atoms with Gasteiger partial charge >= 0.3 is 6.09 Å². The first-order valence-electron chi connectivity index (χ1n) is 17.5. The smallest absolute Gasteiger partial charge is 0.410 e. The number of likely N-dealkylation sites (tertiary alicyclic amines) is 1. The Morgan fingerprint density at radius 1 is 1.00 bits per heavy atom. The normalized spacial score (nSPS) is 22.3. The molecular weight excluding hydrogens is 704 g/mol. The number of fused-ring (bicyclic) bond motifs is 4. The average Bonchev–Trinajstić information content (AvgIpc) is 3.08. The molecule has 0 saturated carbocycles. The van der Waals surface area contributed by atoms with Crippen molar-refractivity contribution >= 4 is 45.2 Å². The Kier molecular flexibility index (Phi) is 10.6. The molecule has 1 N–H and O–H groups in total. The number of nitrogens with one attached hydrogen (secondary N) is 1. The van der Waals surface area contributed by atoms with Gasteiger partial charge in [0.1, 0.15) is 11.4 Å². The van der Waals surface area contributed by atoms with Gasteiger partial charge in [0.15, 0.2) is 0 Å². The number of rotatable bonds is 4. The Morgan fingerprint density at radius 2 is 1.71 bits per heavy atom. The van der Waals surface area contributed by atoms with Crippen LogP contribution in [0.2, 0.25) is 5.02 Å². The van der Waals surface area contributed by atoms with Gasteiger partial charge in [-0.25, -0.2) is 13.2 Å². The Labute approximate surface area is 310 Å². The number of anilines is 1. The van der Waals surface area contributed by atoms with E-state index in [-0.39, 0.29) is 59.9 Å². The summed E-state index contributed by atoms with van der Waals surface area (Å²) in [6, 6.07) is 20.0. The summed E-state index contributed by atoms with van der Waals surface area (Å²) >= 11 is 6.57. The maximum Gasteiger partial charge on any atom is 0.410 e. The number of hydrogen-bond acceptors (Lipinski definition) is 7. The van der Waals surface area contributed by atoms with Gasteiger partial charge in [-0.1, -0.05) is 54.1 Å². The van der Waals surface area contributed by atoms with Gasteiger partial charge in [-0.2, -0.15) is 0 Å². The lowest BCUT2D eigenvalue weighted by Crippen LogP contribution is -2.67. The lowest BCUT2D eigenvalue weighted by Gasteiger charge is -2.51. The number of allylic oxidation sites excluding steroid dienone is 1. The summed E-state index contributed by atoms with van der Waals surface area (Å²) in [6.07, 6.45) is 3.88. The molecule has 3 aliphatic heterocycles. The number of benzene rings is 3. The highest BCUT2D eigenvalue weighted by atomic mass is 35.5. The minimum Gasteiger partial charge on any atom is -0.494 e. The molecule has 3 aliphatic rings. The largest absolute Gasteiger partial charge is 0.494 e. The van der Waals surface area contributed by atoms with Gasteiger partial charge in [0, 0.05) is 32.1 Å². The number of carbonyl (C=O) groups excluding carboxylic acids is 3. The van der Waals surface area contributed by atoms with Crippen LogP contribution in [0.5, 0.6) is 5.75 Å². The van der Waals surface area contributed by atoms with E-state index in [1.807, 2.05) is 37.3 Å². The van der Waals surface area contributed by atoms with E-state index in [9.17, 15) is 22.8 Å². The fourth-order valence-corrected chi connectivity index (χ4v) is 8.76. The van der Waals surface area contributed by atoms with E-state index in [4.69, 9.17) is 21.1 Å². The molecule has 3 aromatic rings. The molecule has 0 unspecified atom stereocenters. The van der Waals surface area contributed by atoms with Crippen molar-refractivity contribution in [2.45, 2.75) is 63.0 Å². The fraction of sp³-hybridized carbons (Fsp3) is 0.410. The topological polar surface area (TPSA) is 126 Å². The van der Waals surface area contributed by atoms with Crippen LogP contribution in [0.1, 0.15) is 62.4 Å². The SMILES string of the molecule is CCOc1ccc([C@@H]2CCN3C[C@@H]2NC(=O)c2cc(ccc2Cl)S(=O)(=O)N(c2ccccc2)C/C=C\CC2(CN(C(=O)OC(C)(C)C)C2)C3=O)cc1. The van der Waals surface area contributed by atoms with Crippen LogP contribution < -0.4 is 14.4 Å². The van der Waals surface area contributed by atoms with E-state index in [2.05, 4.69) is 5.32 Å². The molecule has 3 aromatic carbocycles. The molecule has 52 heavy (non-hydrogen) atoms. The minimum atomic E-state index is -4.18. The van der Waals surface area contributed by atoms with Gasteiger partial charge in [0.2, 0.25) is 5.91 Å². The maximum atomic E-state index is 14.6. The zero-order valence-electron chi connectivity index (χ0n) is 29.9. The molecule has 0 aromatic heterocycles. The summed E-state index contributed by atoms with van der Waals surface area (Å²) in [5.74, 6) is -0.131. The summed E-state index contributed by atoms with van der Waals surface area (Å²) in [7, 11) is -4.18. The lowest BCUT2D eigenvalue weighted by atomic mass is 9.74. The van der Waals surface area contributed by atoms with Crippen LogP contribution in [-0.2, 0) is 19.6 Å². The summed E-state index contributed by atoms with van der Waals surface area (Å²) < 4.78 is 41.0. The zero-order chi connectivity index (χ0) is 37.3. The second-order valence-electron chi connectivity index (χ2n) is 14.5. The number of nitrogens with zero attached hydrogens (tertiary/aromatic N) is 3. The predicted octanol–water partition coefficient (Wildman–Crippen LogP) is 6.25. The molecule has 3 heterocycles. The third-order valence-electron chi connectivity index (χ3n) is 9.69. The highest BCUT2D eigenvalue weighted by Gasteiger charge is 2.53. The van der Waals surface area contributed by atoms with Crippen LogP contribution in [0.15, 0.2) is 89.8 Å². The van der Waals surface area contributed by atoms with Crippen molar-refractivity contribution < 1.29 is 32.3 Å². The molecule has 1 spiro atoms. The first-order chi connectivity index (χ1) is 24.7. The highest BCUT2D eigenvalue weighted by molar-refractivity contribution is 7.92. The summed E-state index contributed by atoms with van der Waals surface area (Å²) in [5.41, 5.74) is -0.260. The molecule has 6 rings (SSSR count). The van der Waals surface area contributed by atoms with Crippen LogP contribution in [0.25, 0.3) is 0 Å². The molecule has 0 radical (unpaired) electrons. The second kappa shape index (κ2) is 14.8. The van der Waals surface area contributed by atoms with Crippen molar-refractivity contribution in [3.63, 3.8) is 0 Å². The van der Waals surface area contributed by atoms with E-state index in [0.717, 1.165) is 11.3 Å². The Bertz CT molecular complexity index is 1940. The fourth-order valence-electron chi connectivity index (χ4n) is 7.11. The van der Waals surface area contributed by atoms with Crippen molar-refractivity contribution in [2.75, 3.05) is 43.6 Å². The van der Waals surface area contributed by atoms with Gasteiger partial charge in [-0.3, -0.25) is 13.9 Å². The first kappa shape index (κ1) is 37.2. The number of ether oxygens (including phenoxy) is 2. The third-order valence-corrected chi connectivity index (χ3v) is 11.8. The van der Waals surface area contributed by atoms with E-state index < -0.39 is 39.1 Å². The minimum absolute atomic E-state index is 0.00995. The number of halogens is 1. The van der Waals surface area contributed by atoms with E-state index in [0.29, 0.717) is 25.3 Å². The number of piperidine rings is 1.